The van der Waals surface area contributed by atoms with Crippen LogP contribution in [0.3, 0.4) is 0 Å². The molecule has 0 spiro atoms. The van der Waals surface area contributed by atoms with Crippen molar-refractivity contribution in [3.63, 3.8) is 0 Å². The lowest BCUT2D eigenvalue weighted by Crippen LogP contribution is -2.36. The van der Waals surface area contributed by atoms with Gasteiger partial charge in [0.2, 0.25) is 0 Å². The third-order valence-electron chi connectivity index (χ3n) is 4.01. The van der Waals surface area contributed by atoms with Gasteiger partial charge >= 0.3 is 0 Å². The van der Waals surface area contributed by atoms with E-state index in [0.717, 1.165) is 37.3 Å². The molecule has 0 saturated heterocycles. The van der Waals surface area contributed by atoms with Gasteiger partial charge in [-0.2, -0.15) is 5.26 Å². The second-order valence-electron chi connectivity index (χ2n) is 5.72. The lowest BCUT2D eigenvalue weighted by atomic mass is 9.91. The summed E-state index contributed by atoms with van der Waals surface area (Å²) in [4.78, 5) is 0. The summed E-state index contributed by atoms with van der Waals surface area (Å²) in [5.41, 5.74) is 1.96. The van der Waals surface area contributed by atoms with E-state index in [-0.39, 0.29) is 5.54 Å². The number of rotatable bonds is 2. The number of nitriles is 1. The Morgan fingerprint density at radius 1 is 1.22 bits per heavy atom. The number of anilines is 1. The summed E-state index contributed by atoms with van der Waals surface area (Å²) in [6.45, 7) is 4.37. The maximum absolute atomic E-state index is 9.56. The van der Waals surface area contributed by atoms with Gasteiger partial charge in [0.05, 0.1) is 6.07 Å². The number of hydrogen-bond acceptors (Lipinski definition) is 2. The quantitative estimate of drug-likeness (QED) is 0.786. The van der Waals surface area contributed by atoms with Crippen LogP contribution in [0.2, 0.25) is 0 Å². The van der Waals surface area contributed by atoms with E-state index >= 15 is 0 Å². The minimum Gasteiger partial charge on any atom is -0.367 e. The molecule has 18 heavy (non-hydrogen) atoms. The van der Waals surface area contributed by atoms with Gasteiger partial charge in [0.25, 0.3) is 0 Å². The number of nitrogens with zero attached hydrogens (tertiary/aromatic N) is 1. The van der Waals surface area contributed by atoms with Gasteiger partial charge in [-0.1, -0.05) is 31.0 Å². The first-order valence-corrected chi connectivity index (χ1v) is 6.90. The highest BCUT2D eigenvalue weighted by Crippen LogP contribution is 2.32. The Labute approximate surface area is 110 Å². The molecule has 2 atom stereocenters. The van der Waals surface area contributed by atoms with Crippen LogP contribution in [-0.4, -0.2) is 5.54 Å². The van der Waals surface area contributed by atoms with Crippen LogP contribution < -0.4 is 5.32 Å². The fourth-order valence-electron chi connectivity index (χ4n) is 2.69. The van der Waals surface area contributed by atoms with Crippen molar-refractivity contribution in [3.8, 4) is 6.07 Å². The maximum atomic E-state index is 9.56. The van der Waals surface area contributed by atoms with E-state index in [0.29, 0.717) is 0 Å². The topological polar surface area (TPSA) is 35.8 Å². The Kier molecular flexibility index (Phi) is 3.91. The highest BCUT2D eigenvalue weighted by molar-refractivity contribution is 5.48. The zero-order chi connectivity index (χ0) is 13.0. The van der Waals surface area contributed by atoms with Crippen molar-refractivity contribution in [2.75, 3.05) is 5.32 Å². The van der Waals surface area contributed by atoms with Gasteiger partial charge in [-0.25, -0.2) is 0 Å². The molecule has 0 amide bonds. The van der Waals surface area contributed by atoms with Gasteiger partial charge in [-0.3, -0.25) is 0 Å². The minimum absolute atomic E-state index is 0.361. The van der Waals surface area contributed by atoms with Gasteiger partial charge in [0.15, 0.2) is 0 Å². The molecule has 1 aliphatic carbocycles. The lowest BCUT2D eigenvalue weighted by molar-refractivity contribution is 0.479. The van der Waals surface area contributed by atoms with Crippen LogP contribution in [0.15, 0.2) is 24.3 Å². The summed E-state index contributed by atoms with van der Waals surface area (Å²) < 4.78 is 0. The molecular weight excluding hydrogens is 220 g/mol. The van der Waals surface area contributed by atoms with Gasteiger partial charge in [-0.15, -0.1) is 0 Å². The molecule has 0 aromatic heterocycles. The highest BCUT2D eigenvalue weighted by Gasteiger charge is 2.32. The van der Waals surface area contributed by atoms with Crippen molar-refractivity contribution in [3.05, 3.63) is 29.8 Å². The summed E-state index contributed by atoms with van der Waals surface area (Å²) in [6, 6.07) is 10.9. The molecular formula is C16H22N2. The summed E-state index contributed by atoms with van der Waals surface area (Å²) in [5, 5.41) is 13.0. The fraction of sp³-hybridized carbons (Fsp3) is 0.562. The second-order valence-corrected chi connectivity index (χ2v) is 5.72. The van der Waals surface area contributed by atoms with Crippen LogP contribution in [0.25, 0.3) is 0 Å². The summed E-state index contributed by atoms with van der Waals surface area (Å²) in [5.74, 6) is 0.750. The van der Waals surface area contributed by atoms with Crippen molar-refractivity contribution in [1.82, 2.24) is 0 Å². The molecule has 1 N–H and O–H groups in total. The SMILES string of the molecule is Cc1ccc(NC2(C#N)CCCC(C)CC2)cc1. The Bertz CT molecular complexity index is 429. The molecule has 1 saturated carbocycles. The average Bonchev–Trinajstić information content (AvgIpc) is 2.56. The van der Waals surface area contributed by atoms with Gasteiger partial charge < -0.3 is 5.32 Å². The Morgan fingerprint density at radius 2 is 1.94 bits per heavy atom. The van der Waals surface area contributed by atoms with Crippen LogP contribution in [-0.2, 0) is 0 Å². The monoisotopic (exact) mass is 242 g/mol. The molecule has 0 bridgehead atoms. The van der Waals surface area contributed by atoms with Crippen molar-refractivity contribution in [2.24, 2.45) is 5.92 Å². The molecule has 0 heterocycles. The standard InChI is InChI=1S/C16H22N2/c1-13-4-3-10-16(12-17,11-9-13)18-15-7-5-14(2)6-8-15/h5-8,13,18H,3-4,9-11H2,1-2H3. The van der Waals surface area contributed by atoms with E-state index in [2.05, 4.69) is 49.5 Å². The third-order valence-corrected chi connectivity index (χ3v) is 4.01. The van der Waals surface area contributed by atoms with E-state index in [9.17, 15) is 5.26 Å². The van der Waals surface area contributed by atoms with E-state index < -0.39 is 0 Å². The van der Waals surface area contributed by atoms with Crippen molar-refractivity contribution in [1.29, 1.82) is 5.26 Å². The van der Waals surface area contributed by atoms with Crippen LogP contribution >= 0.6 is 0 Å². The van der Waals surface area contributed by atoms with E-state index in [1.165, 1.54) is 12.0 Å². The van der Waals surface area contributed by atoms with Gasteiger partial charge in [0.1, 0.15) is 5.54 Å². The number of benzene rings is 1. The fourth-order valence-corrected chi connectivity index (χ4v) is 2.69. The van der Waals surface area contributed by atoms with E-state index in [1.54, 1.807) is 0 Å². The first-order valence-electron chi connectivity index (χ1n) is 6.90. The normalized spacial score (nSPS) is 28.2. The first kappa shape index (κ1) is 13.0. The lowest BCUT2D eigenvalue weighted by Gasteiger charge is -2.27. The zero-order valence-corrected chi connectivity index (χ0v) is 11.4. The van der Waals surface area contributed by atoms with Crippen LogP contribution in [0.4, 0.5) is 5.69 Å². The van der Waals surface area contributed by atoms with Crippen LogP contribution in [0.5, 0.6) is 0 Å². The first-order chi connectivity index (χ1) is 8.63. The Balaban J connectivity index is 2.13. The molecule has 2 rings (SSSR count). The summed E-state index contributed by atoms with van der Waals surface area (Å²) >= 11 is 0. The van der Waals surface area contributed by atoms with Gasteiger partial charge in [-0.05, 0) is 50.7 Å². The minimum atomic E-state index is -0.361. The molecule has 1 aromatic carbocycles. The third kappa shape index (κ3) is 3.04. The summed E-state index contributed by atoms with van der Waals surface area (Å²) in [6.07, 6.45) is 5.46. The second kappa shape index (κ2) is 5.44. The Morgan fingerprint density at radius 3 is 2.61 bits per heavy atom. The molecule has 0 aliphatic heterocycles. The highest BCUT2D eigenvalue weighted by atomic mass is 15.0. The number of nitrogens with one attached hydrogen (secondary N) is 1. The molecule has 1 aromatic rings. The molecule has 1 fully saturated rings. The zero-order valence-electron chi connectivity index (χ0n) is 11.4. The van der Waals surface area contributed by atoms with E-state index in [1.807, 2.05) is 0 Å². The van der Waals surface area contributed by atoms with Crippen LogP contribution in [0, 0.1) is 24.2 Å². The molecule has 2 unspecified atom stereocenters. The van der Waals surface area contributed by atoms with E-state index in [4.69, 9.17) is 0 Å². The molecule has 0 radical (unpaired) electrons. The smallest absolute Gasteiger partial charge is 0.125 e. The number of hydrogen-bond donors (Lipinski definition) is 1. The average molecular weight is 242 g/mol. The largest absolute Gasteiger partial charge is 0.367 e. The van der Waals surface area contributed by atoms with Crippen molar-refractivity contribution < 1.29 is 0 Å². The number of aryl methyl sites for hydroxylation is 1. The molecule has 1 aliphatic rings. The molecule has 2 nitrogen and oxygen atoms in total. The molecule has 2 heteroatoms. The summed E-state index contributed by atoms with van der Waals surface area (Å²) in [7, 11) is 0. The predicted octanol–water partition coefficient (Wildman–Crippen LogP) is 4.27. The predicted molar refractivity (Wildman–Crippen MR) is 75.4 cm³/mol. The van der Waals surface area contributed by atoms with Crippen molar-refractivity contribution in [2.45, 2.75) is 51.5 Å². The molecule has 96 valence electrons. The van der Waals surface area contributed by atoms with Crippen molar-refractivity contribution >= 4 is 5.69 Å². The van der Waals surface area contributed by atoms with Gasteiger partial charge in [0, 0.05) is 5.69 Å². The Hall–Kier alpha value is -1.49. The maximum Gasteiger partial charge on any atom is 0.125 e. The van der Waals surface area contributed by atoms with Crippen LogP contribution in [0.1, 0.15) is 44.6 Å².